The van der Waals surface area contributed by atoms with Crippen LogP contribution in [0.25, 0.3) is 0 Å². The van der Waals surface area contributed by atoms with Crippen LogP contribution in [0, 0.1) is 0 Å². The van der Waals surface area contributed by atoms with E-state index in [1.807, 2.05) is 23.1 Å². The van der Waals surface area contributed by atoms with Crippen LogP contribution < -0.4 is 4.90 Å². The number of carboxylic acids is 1. The molecule has 0 fully saturated rings. The summed E-state index contributed by atoms with van der Waals surface area (Å²) in [5.41, 5.74) is 2.22. The molecule has 1 atom stereocenters. The second-order valence-electron chi connectivity index (χ2n) is 5.46. The number of carboxylic acid groups (broad SMARTS) is 1. The minimum atomic E-state index is -0.776. The van der Waals surface area contributed by atoms with Gasteiger partial charge in [0.05, 0.1) is 0 Å². The highest BCUT2D eigenvalue weighted by Crippen LogP contribution is 2.42. The lowest BCUT2D eigenvalue weighted by Crippen LogP contribution is -2.50. The van der Waals surface area contributed by atoms with Crippen LogP contribution in [0.15, 0.2) is 24.3 Å². The van der Waals surface area contributed by atoms with Gasteiger partial charge in [-0.1, -0.05) is 25.1 Å². The summed E-state index contributed by atoms with van der Waals surface area (Å²) in [6, 6.07) is 8.12. The maximum atomic E-state index is 11.0. The largest absolute Gasteiger partial charge is 0.480 e. The van der Waals surface area contributed by atoms with Gasteiger partial charge in [0.15, 0.2) is 0 Å². The van der Waals surface area contributed by atoms with E-state index in [9.17, 15) is 4.79 Å². The SMILES string of the molecule is C[C@H]1CC(C)(C)N(CC(=O)O)c2ccccc21. The van der Waals surface area contributed by atoms with E-state index in [1.165, 1.54) is 5.56 Å². The van der Waals surface area contributed by atoms with Gasteiger partial charge in [0.2, 0.25) is 0 Å². The molecule has 1 aromatic carbocycles. The van der Waals surface area contributed by atoms with Gasteiger partial charge in [-0.05, 0) is 37.8 Å². The topological polar surface area (TPSA) is 40.5 Å². The van der Waals surface area contributed by atoms with Gasteiger partial charge >= 0.3 is 5.97 Å². The van der Waals surface area contributed by atoms with Crippen LogP contribution in [0.4, 0.5) is 5.69 Å². The summed E-state index contributed by atoms with van der Waals surface area (Å²) in [6.45, 7) is 6.50. The monoisotopic (exact) mass is 233 g/mol. The minimum Gasteiger partial charge on any atom is -0.480 e. The maximum absolute atomic E-state index is 11.0. The molecule has 0 amide bonds. The van der Waals surface area contributed by atoms with Crippen LogP contribution in [0.2, 0.25) is 0 Å². The molecule has 1 aliphatic rings. The molecule has 0 aliphatic carbocycles. The highest BCUT2D eigenvalue weighted by Gasteiger charge is 2.36. The van der Waals surface area contributed by atoms with Gasteiger partial charge in [0.1, 0.15) is 6.54 Å². The Bertz CT molecular complexity index is 440. The second-order valence-corrected chi connectivity index (χ2v) is 5.46. The van der Waals surface area contributed by atoms with Crippen molar-refractivity contribution < 1.29 is 9.90 Å². The Kier molecular flexibility index (Phi) is 2.86. The number of fused-ring (bicyclic) bond motifs is 1. The quantitative estimate of drug-likeness (QED) is 0.854. The summed E-state index contributed by atoms with van der Waals surface area (Å²) in [5, 5.41) is 9.05. The Morgan fingerprint density at radius 1 is 1.47 bits per heavy atom. The molecule has 0 unspecified atom stereocenters. The molecule has 17 heavy (non-hydrogen) atoms. The summed E-state index contributed by atoms with van der Waals surface area (Å²) < 4.78 is 0. The number of nitrogens with zero attached hydrogens (tertiary/aromatic N) is 1. The van der Waals surface area contributed by atoms with E-state index >= 15 is 0 Å². The van der Waals surface area contributed by atoms with Crippen molar-refractivity contribution in [2.45, 2.75) is 38.6 Å². The van der Waals surface area contributed by atoms with E-state index in [0.717, 1.165) is 12.1 Å². The first-order chi connectivity index (χ1) is 7.92. The number of hydrogen-bond acceptors (Lipinski definition) is 2. The predicted octanol–water partition coefficient (Wildman–Crippen LogP) is 2.86. The van der Waals surface area contributed by atoms with Gasteiger partial charge in [-0.25, -0.2) is 0 Å². The Morgan fingerprint density at radius 2 is 2.12 bits per heavy atom. The molecule has 0 saturated heterocycles. The fraction of sp³-hybridized carbons (Fsp3) is 0.500. The van der Waals surface area contributed by atoms with Gasteiger partial charge in [-0.2, -0.15) is 0 Å². The van der Waals surface area contributed by atoms with E-state index in [4.69, 9.17) is 5.11 Å². The van der Waals surface area contributed by atoms with Crippen LogP contribution in [-0.2, 0) is 4.79 Å². The Hall–Kier alpha value is -1.51. The Balaban J connectivity index is 2.47. The molecule has 0 radical (unpaired) electrons. The third-order valence-electron chi connectivity index (χ3n) is 3.59. The Labute approximate surface area is 102 Å². The van der Waals surface area contributed by atoms with E-state index < -0.39 is 5.97 Å². The predicted molar refractivity (Wildman–Crippen MR) is 68.5 cm³/mol. The third-order valence-corrected chi connectivity index (χ3v) is 3.59. The van der Waals surface area contributed by atoms with Gasteiger partial charge in [-0.15, -0.1) is 0 Å². The van der Waals surface area contributed by atoms with Crippen molar-refractivity contribution in [3.63, 3.8) is 0 Å². The average Bonchev–Trinajstić information content (AvgIpc) is 2.23. The molecule has 0 saturated carbocycles. The number of rotatable bonds is 2. The van der Waals surface area contributed by atoms with Crippen molar-refractivity contribution in [1.29, 1.82) is 0 Å². The van der Waals surface area contributed by atoms with Gasteiger partial charge < -0.3 is 10.0 Å². The van der Waals surface area contributed by atoms with Crippen LogP contribution in [-0.4, -0.2) is 23.2 Å². The highest BCUT2D eigenvalue weighted by atomic mass is 16.4. The van der Waals surface area contributed by atoms with Crippen molar-refractivity contribution in [3.8, 4) is 0 Å². The standard InChI is InChI=1S/C14H19NO2/c1-10-8-14(2,3)15(9-13(16)17)12-7-5-4-6-11(10)12/h4-7,10H,8-9H2,1-3H3,(H,16,17)/t10-/m0/s1. The zero-order chi connectivity index (χ0) is 12.6. The van der Waals surface area contributed by atoms with Crippen LogP contribution >= 0.6 is 0 Å². The molecule has 0 spiro atoms. The minimum absolute atomic E-state index is 0.0662. The zero-order valence-electron chi connectivity index (χ0n) is 10.6. The third kappa shape index (κ3) is 2.14. The number of hydrogen-bond donors (Lipinski definition) is 1. The number of anilines is 1. The first-order valence-corrected chi connectivity index (χ1v) is 6.00. The smallest absolute Gasteiger partial charge is 0.323 e. The molecule has 1 heterocycles. The molecule has 1 N–H and O–H groups in total. The lowest BCUT2D eigenvalue weighted by molar-refractivity contribution is -0.135. The number of benzene rings is 1. The lowest BCUT2D eigenvalue weighted by Gasteiger charge is -2.46. The average molecular weight is 233 g/mol. The summed E-state index contributed by atoms with van der Waals surface area (Å²) in [7, 11) is 0. The zero-order valence-corrected chi connectivity index (χ0v) is 10.6. The van der Waals surface area contributed by atoms with E-state index in [-0.39, 0.29) is 12.1 Å². The van der Waals surface area contributed by atoms with Crippen LogP contribution in [0.5, 0.6) is 0 Å². The summed E-state index contributed by atoms with van der Waals surface area (Å²) in [5.74, 6) is -0.298. The lowest BCUT2D eigenvalue weighted by atomic mass is 9.80. The summed E-state index contributed by atoms with van der Waals surface area (Å²) >= 11 is 0. The van der Waals surface area contributed by atoms with Crippen LogP contribution in [0.3, 0.4) is 0 Å². The molecule has 3 nitrogen and oxygen atoms in total. The molecule has 0 aromatic heterocycles. The normalized spacial score (nSPS) is 22.1. The van der Waals surface area contributed by atoms with Gasteiger partial charge in [0, 0.05) is 11.2 Å². The molecule has 92 valence electrons. The number of aliphatic carboxylic acids is 1. The first kappa shape index (κ1) is 12.0. The van der Waals surface area contributed by atoms with E-state index in [1.54, 1.807) is 0 Å². The van der Waals surface area contributed by atoms with E-state index in [0.29, 0.717) is 5.92 Å². The van der Waals surface area contributed by atoms with Crippen LogP contribution in [0.1, 0.15) is 38.7 Å². The van der Waals surface area contributed by atoms with Crippen molar-refractivity contribution in [3.05, 3.63) is 29.8 Å². The number of carbonyl (C=O) groups is 1. The van der Waals surface area contributed by atoms with Crippen molar-refractivity contribution in [1.82, 2.24) is 0 Å². The second kappa shape index (κ2) is 4.06. The molecule has 2 rings (SSSR count). The first-order valence-electron chi connectivity index (χ1n) is 6.00. The fourth-order valence-corrected chi connectivity index (χ4v) is 2.88. The molecule has 1 aromatic rings. The van der Waals surface area contributed by atoms with Crippen molar-refractivity contribution in [2.75, 3.05) is 11.4 Å². The molecular weight excluding hydrogens is 214 g/mol. The summed E-state index contributed by atoms with van der Waals surface area (Å²) in [6.07, 6.45) is 0.983. The molecular formula is C14H19NO2. The molecule has 0 bridgehead atoms. The Morgan fingerprint density at radius 3 is 2.76 bits per heavy atom. The maximum Gasteiger partial charge on any atom is 0.323 e. The number of para-hydroxylation sites is 1. The molecule has 3 heteroatoms. The van der Waals surface area contributed by atoms with Gasteiger partial charge in [0.25, 0.3) is 0 Å². The highest BCUT2D eigenvalue weighted by molar-refractivity contribution is 5.76. The fourth-order valence-electron chi connectivity index (χ4n) is 2.88. The van der Waals surface area contributed by atoms with E-state index in [2.05, 4.69) is 26.8 Å². The summed E-state index contributed by atoms with van der Waals surface area (Å²) in [4.78, 5) is 13.0. The molecule has 1 aliphatic heterocycles. The van der Waals surface area contributed by atoms with Crippen molar-refractivity contribution >= 4 is 11.7 Å². The van der Waals surface area contributed by atoms with Gasteiger partial charge in [-0.3, -0.25) is 4.79 Å². The van der Waals surface area contributed by atoms with Crippen molar-refractivity contribution in [2.24, 2.45) is 0 Å².